The van der Waals surface area contributed by atoms with E-state index in [1.54, 1.807) is 50.8 Å². The topological polar surface area (TPSA) is 146 Å². The molecule has 1 atom stereocenters. The summed E-state index contributed by atoms with van der Waals surface area (Å²) in [5.41, 5.74) is 2.32. The van der Waals surface area contributed by atoms with Crippen molar-refractivity contribution in [1.82, 2.24) is 18.8 Å². The predicted molar refractivity (Wildman–Crippen MR) is 184 cm³/mol. The number of hydrogen-bond acceptors (Lipinski definition) is 11. The van der Waals surface area contributed by atoms with Gasteiger partial charge in [0.1, 0.15) is 34.1 Å². The quantitative estimate of drug-likeness (QED) is 0.180. The average molecular weight is 726 g/mol. The molecule has 3 heterocycles. The van der Waals surface area contributed by atoms with Gasteiger partial charge in [-0.1, -0.05) is 18.2 Å². The Balaban J connectivity index is 1.38. The molecule has 13 nitrogen and oxygen atoms in total. The van der Waals surface area contributed by atoms with Crippen LogP contribution in [0, 0.1) is 5.82 Å². The minimum atomic E-state index is -4.64. The average Bonchev–Trinajstić information content (AvgIpc) is 3.72. The van der Waals surface area contributed by atoms with E-state index >= 15 is 4.39 Å². The molecule has 0 radical (unpaired) electrons. The smallest absolute Gasteiger partial charge is 0.420 e. The number of amides is 1. The Kier molecular flexibility index (Phi) is 9.35. The molecule has 0 aliphatic carbocycles. The number of aromatic nitrogens is 3. The molecule has 3 aromatic carbocycles. The normalized spacial score (nSPS) is 13.9. The Morgan fingerprint density at radius 1 is 1.14 bits per heavy atom. The highest BCUT2D eigenvalue weighted by atomic mass is 32.2. The van der Waals surface area contributed by atoms with Crippen molar-refractivity contribution in [2.75, 3.05) is 25.1 Å². The minimum Gasteiger partial charge on any atom is -0.497 e. The second-order valence-electron chi connectivity index (χ2n) is 12.7. The molecule has 0 bridgehead atoms. The number of anilines is 1. The number of benzene rings is 3. The van der Waals surface area contributed by atoms with Gasteiger partial charge in [-0.05, 0) is 62.9 Å². The van der Waals surface area contributed by atoms with Crippen molar-refractivity contribution in [3.05, 3.63) is 93.5 Å². The summed E-state index contributed by atoms with van der Waals surface area (Å²) in [6.07, 6.45) is 1.34. The molecule has 264 valence electrons. The number of carbonyl (C=O) groups is 1. The molecule has 1 aliphatic rings. The number of fused-ring (bicyclic) bond motifs is 2. The zero-order valence-electron chi connectivity index (χ0n) is 28.3. The molecular weight excluding hydrogens is 690 g/mol. The first kappa shape index (κ1) is 34.9. The van der Waals surface area contributed by atoms with Gasteiger partial charge in [-0.3, -0.25) is 4.57 Å². The third-order valence-electron chi connectivity index (χ3n) is 8.40. The van der Waals surface area contributed by atoms with Gasteiger partial charge in [0.2, 0.25) is 5.13 Å². The van der Waals surface area contributed by atoms with E-state index in [9.17, 15) is 18.0 Å². The molecule has 50 heavy (non-hydrogen) atoms. The van der Waals surface area contributed by atoms with Gasteiger partial charge in [0.05, 0.1) is 32.3 Å². The number of methoxy groups -OCH3 is 2. The van der Waals surface area contributed by atoms with Crippen molar-refractivity contribution in [2.45, 2.75) is 63.7 Å². The molecule has 0 saturated heterocycles. The van der Waals surface area contributed by atoms with Crippen LogP contribution in [-0.2, 0) is 34.3 Å². The zero-order chi connectivity index (χ0) is 36.0. The number of ether oxygens (including phenoxy) is 3. The summed E-state index contributed by atoms with van der Waals surface area (Å²) in [5.74, 6) is -1.05. The second-order valence-corrected chi connectivity index (χ2v) is 15.3. The van der Waals surface area contributed by atoms with Crippen LogP contribution >= 0.6 is 11.5 Å². The molecule has 0 fully saturated rings. The molecule has 5 aromatic rings. The van der Waals surface area contributed by atoms with E-state index in [2.05, 4.69) is 9.36 Å². The van der Waals surface area contributed by atoms with E-state index < -0.39 is 44.2 Å². The monoisotopic (exact) mass is 725 g/mol. The number of carbonyl (C=O) groups excluding carboxylic acids is 1. The van der Waals surface area contributed by atoms with Gasteiger partial charge in [-0.2, -0.15) is 4.37 Å². The second kappa shape index (κ2) is 13.4. The standard InChI is InChI=1S/C34H36FN5O8S2/c1-20(24-9-7-8-21-12-13-38(18-25(21)24)32(41)48-34(2,3)4)40-27-15-26(35)30(16-29(27)47-33(40)42)50(43,44)39(31-36-19-37-49-31)17-22-10-11-23(45-5)14-28(22)46-6/h7-11,14-16,19-20H,12-13,17-18H2,1-6H3/t20-/m1/s1. The van der Waals surface area contributed by atoms with E-state index in [1.165, 1.54) is 25.1 Å². The fourth-order valence-electron chi connectivity index (χ4n) is 6.01. The summed E-state index contributed by atoms with van der Waals surface area (Å²) in [5, 5.41) is -0.00992. The lowest BCUT2D eigenvalue weighted by Gasteiger charge is -2.33. The lowest BCUT2D eigenvalue weighted by molar-refractivity contribution is 0.0223. The van der Waals surface area contributed by atoms with Gasteiger partial charge in [0.25, 0.3) is 10.0 Å². The number of hydrogen-bond donors (Lipinski definition) is 0. The molecular formula is C34H36FN5O8S2. The van der Waals surface area contributed by atoms with Gasteiger partial charge in [-0.15, -0.1) is 0 Å². The van der Waals surface area contributed by atoms with Gasteiger partial charge < -0.3 is 23.5 Å². The van der Waals surface area contributed by atoms with Crippen LogP contribution < -0.4 is 19.5 Å². The predicted octanol–water partition coefficient (Wildman–Crippen LogP) is 5.90. The molecule has 1 amide bonds. The van der Waals surface area contributed by atoms with Crippen molar-refractivity contribution in [3.8, 4) is 11.5 Å². The highest BCUT2D eigenvalue weighted by Crippen LogP contribution is 2.35. The number of oxazole rings is 1. The van der Waals surface area contributed by atoms with Crippen LogP contribution in [0.2, 0.25) is 0 Å². The Hall–Kier alpha value is -4.96. The van der Waals surface area contributed by atoms with Gasteiger partial charge in [0.15, 0.2) is 5.58 Å². The molecule has 0 spiro atoms. The Morgan fingerprint density at radius 2 is 1.92 bits per heavy atom. The van der Waals surface area contributed by atoms with E-state index in [1.807, 2.05) is 18.2 Å². The van der Waals surface area contributed by atoms with Crippen LogP contribution in [-0.4, -0.2) is 59.7 Å². The maximum Gasteiger partial charge on any atom is 0.420 e. The van der Waals surface area contributed by atoms with Gasteiger partial charge in [0, 0.05) is 48.4 Å². The molecule has 1 aliphatic heterocycles. The van der Waals surface area contributed by atoms with Crippen molar-refractivity contribution in [3.63, 3.8) is 0 Å². The third-order valence-corrected chi connectivity index (χ3v) is 11.0. The van der Waals surface area contributed by atoms with Crippen LogP contribution in [0.1, 0.15) is 56.0 Å². The lowest BCUT2D eigenvalue weighted by Crippen LogP contribution is -2.40. The van der Waals surface area contributed by atoms with E-state index in [-0.39, 0.29) is 29.3 Å². The van der Waals surface area contributed by atoms with Crippen molar-refractivity contribution >= 4 is 43.9 Å². The van der Waals surface area contributed by atoms with E-state index in [4.69, 9.17) is 18.6 Å². The highest BCUT2D eigenvalue weighted by Gasteiger charge is 2.34. The van der Waals surface area contributed by atoms with Crippen LogP contribution in [0.25, 0.3) is 11.1 Å². The third kappa shape index (κ3) is 6.64. The summed E-state index contributed by atoms with van der Waals surface area (Å²) in [7, 11) is -1.71. The number of rotatable bonds is 9. The Morgan fingerprint density at radius 3 is 2.60 bits per heavy atom. The van der Waals surface area contributed by atoms with Crippen LogP contribution in [0.3, 0.4) is 0 Å². The molecule has 0 unspecified atom stereocenters. The van der Waals surface area contributed by atoms with Crippen molar-refractivity contribution in [1.29, 1.82) is 0 Å². The van der Waals surface area contributed by atoms with E-state index in [0.29, 0.717) is 30.0 Å². The van der Waals surface area contributed by atoms with Gasteiger partial charge in [-0.25, -0.2) is 31.7 Å². The first-order valence-electron chi connectivity index (χ1n) is 15.6. The summed E-state index contributed by atoms with van der Waals surface area (Å²) < 4.78 is 72.5. The fourth-order valence-corrected chi connectivity index (χ4v) is 8.20. The van der Waals surface area contributed by atoms with Gasteiger partial charge >= 0.3 is 11.8 Å². The molecule has 0 saturated carbocycles. The number of nitrogens with zero attached hydrogens (tertiary/aromatic N) is 5. The fraction of sp³-hybridized carbons (Fsp3) is 0.353. The largest absolute Gasteiger partial charge is 0.497 e. The molecule has 2 aromatic heterocycles. The van der Waals surface area contributed by atoms with Crippen molar-refractivity contribution in [2.24, 2.45) is 0 Å². The van der Waals surface area contributed by atoms with Crippen LogP contribution in [0.15, 0.2) is 69.0 Å². The number of sulfonamides is 1. The molecule has 0 N–H and O–H groups in total. The maximum absolute atomic E-state index is 16.1. The summed E-state index contributed by atoms with van der Waals surface area (Å²) in [6, 6.07) is 11.9. The maximum atomic E-state index is 16.1. The Bertz CT molecular complexity index is 2230. The number of halogens is 1. The first-order valence-corrected chi connectivity index (χ1v) is 17.9. The summed E-state index contributed by atoms with van der Waals surface area (Å²) in [4.78, 5) is 31.3. The van der Waals surface area contributed by atoms with Crippen LogP contribution in [0.4, 0.5) is 14.3 Å². The lowest BCUT2D eigenvalue weighted by atomic mass is 9.91. The van der Waals surface area contributed by atoms with E-state index in [0.717, 1.165) is 44.7 Å². The SMILES string of the molecule is COc1ccc(CN(c2ncns2)S(=O)(=O)c2cc3oc(=O)n([C@H](C)c4cccc5c4CN(C(=O)OC(C)(C)C)CC5)c3cc2F)c(OC)c1. The molecule has 6 rings (SSSR count). The first-order chi connectivity index (χ1) is 23.7. The zero-order valence-corrected chi connectivity index (χ0v) is 29.9. The highest BCUT2D eigenvalue weighted by molar-refractivity contribution is 7.93. The Labute approximate surface area is 292 Å². The minimum absolute atomic E-state index is 0.00992. The van der Waals surface area contributed by atoms with Crippen molar-refractivity contribution < 1.29 is 36.2 Å². The molecule has 16 heteroatoms. The summed E-state index contributed by atoms with van der Waals surface area (Å²) >= 11 is 0.814. The summed E-state index contributed by atoms with van der Waals surface area (Å²) in [6.45, 7) is 7.61. The van der Waals surface area contributed by atoms with Crippen LogP contribution in [0.5, 0.6) is 11.5 Å².